The predicted octanol–water partition coefficient (Wildman–Crippen LogP) is 2.25. The topological polar surface area (TPSA) is 0 Å². The van der Waals surface area contributed by atoms with Gasteiger partial charge in [-0.1, -0.05) is 0 Å². The molecule has 0 saturated heterocycles. The fraction of sp³-hybridized carbons (Fsp3) is 0. The van der Waals surface area contributed by atoms with E-state index in [2.05, 4.69) is 6.42 Å². The largest absolute Gasteiger partial charge is 3.00 e. The van der Waals surface area contributed by atoms with Gasteiger partial charge in [-0.05, 0) is 64.2 Å². The van der Waals surface area contributed by atoms with Crippen LogP contribution in [0.1, 0.15) is 0 Å². The maximum Gasteiger partial charge on any atom is 3.00 e. The molecular formula is C12H11Fe+2. The van der Waals surface area contributed by atoms with Gasteiger partial charge in [0.25, 0.3) is 0 Å². The van der Waals surface area contributed by atoms with E-state index in [0.717, 1.165) is 0 Å². The van der Waals surface area contributed by atoms with Gasteiger partial charge in [-0.15, -0.1) is 0 Å². The molecule has 0 aromatic carbocycles. The van der Waals surface area contributed by atoms with E-state index in [1.54, 1.807) is 0 Å². The number of rotatable bonds is 0. The molecule has 65 valence electrons. The molecule has 0 atom stereocenters. The maximum absolute atomic E-state index is 5.25. The van der Waals surface area contributed by atoms with Crippen LogP contribution in [-0.4, -0.2) is 0 Å². The normalized spacial score (nSPS) is 18.6. The Morgan fingerprint density at radius 2 is 0.538 bits per heavy atom. The van der Waals surface area contributed by atoms with Crippen LogP contribution in [0.25, 0.3) is 0 Å². The van der Waals surface area contributed by atoms with E-state index in [9.17, 15) is 0 Å². The van der Waals surface area contributed by atoms with Crippen molar-refractivity contribution in [1.82, 2.24) is 0 Å². The van der Waals surface area contributed by atoms with Crippen LogP contribution in [0.15, 0.2) is 0 Å². The fourth-order valence-corrected chi connectivity index (χ4v) is 0.642. The molecule has 0 amide bonds. The Labute approximate surface area is 94.3 Å². The maximum atomic E-state index is 5.25. The molecule has 1 heteroatoms. The van der Waals surface area contributed by atoms with Crippen LogP contribution in [0.2, 0.25) is 0 Å². The average molecular weight is 211 g/mol. The molecule has 13 heavy (non-hydrogen) atoms. The summed E-state index contributed by atoms with van der Waals surface area (Å²) in [5, 5.41) is 0. The Morgan fingerprint density at radius 1 is 0.462 bits per heavy atom. The second-order valence-corrected chi connectivity index (χ2v) is 1.92. The Hall–Kier alpha value is 0.0795. The third-order valence-corrected chi connectivity index (χ3v) is 1.11. The van der Waals surface area contributed by atoms with Crippen molar-refractivity contribution in [2.45, 2.75) is 0 Å². The summed E-state index contributed by atoms with van der Waals surface area (Å²) in [7, 11) is 0. The molecular weight excluding hydrogens is 200 g/mol. The van der Waals surface area contributed by atoms with Crippen LogP contribution in [0.4, 0.5) is 0 Å². The monoisotopic (exact) mass is 211 g/mol. The van der Waals surface area contributed by atoms with Crippen molar-refractivity contribution in [2.24, 2.45) is 0 Å². The third kappa shape index (κ3) is 12.1. The molecule has 2 fully saturated rings. The molecule has 0 aliphatic heterocycles. The van der Waals surface area contributed by atoms with Gasteiger partial charge in [0.2, 0.25) is 0 Å². The van der Waals surface area contributed by atoms with Gasteiger partial charge in [0.05, 0.1) is 0 Å². The predicted molar refractivity (Wildman–Crippen MR) is 51.2 cm³/mol. The van der Waals surface area contributed by atoms with Gasteiger partial charge in [-0.3, -0.25) is 0 Å². The minimum atomic E-state index is 0. The Bertz CT molecular complexity index is 63.3. The van der Waals surface area contributed by atoms with Gasteiger partial charge in [-0.25, -0.2) is 0 Å². The zero-order chi connectivity index (χ0) is 9.07. The van der Waals surface area contributed by atoms with Crippen molar-refractivity contribution in [3.05, 3.63) is 70.6 Å². The summed E-state index contributed by atoms with van der Waals surface area (Å²) >= 11 is 0. The molecule has 0 nitrogen and oxygen atoms in total. The number of hydrogen-bond acceptors (Lipinski definition) is 0. The van der Waals surface area contributed by atoms with Gasteiger partial charge < -0.3 is 12.8 Å². The van der Waals surface area contributed by atoms with Gasteiger partial charge in [-0.2, -0.15) is 0 Å². The van der Waals surface area contributed by atoms with Crippen molar-refractivity contribution in [3.8, 4) is 6.42 Å². The molecule has 2 aliphatic rings. The smallest absolute Gasteiger partial charge is 0.697 e. The average Bonchev–Trinajstić information content (AvgIpc) is 2.87. The minimum absolute atomic E-state index is 0. The Balaban J connectivity index is 0. The molecule has 2 aliphatic carbocycles. The van der Waals surface area contributed by atoms with E-state index >= 15 is 0 Å². The first-order chi connectivity index (χ1) is 6.00. The molecule has 11 radical (unpaired) electrons. The fourth-order valence-electron chi connectivity index (χ4n) is 0.642. The van der Waals surface area contributed by atoms with Crippen LogP contribution in [0.3, 0.4) is 0 Å². The summed E-state index contributed by atoms with van der Waals surface area (Å²) in [6.45, 7) is 0. The van der Waals surface area contributed by atoms with Crippen LogP contribution in [0, 0.1) is 77.1 Å². The molecule has 0 N–H and O–H groups in total. The van der Waals surface area contributed by atoms with Gasteiger partial charge in [0.1, 0.15) is 0 Å². The van der Waals surface area contributed by atoms with E-state index in [0.29, 0.717) is 0 Å². The second kappa shape index (κ2) is 14.6. The molecule has 0 bridgehead atoms. The van der Waals surface area contributed by atoms with Crippen molar-refractivity contribution >= 4 is 0 Å². The van der Waals surface area contributed by atoms with Crippen LogP contribution < -0.4 is 0 Å². The summed E-state index contributed by atoms with van der Waals surface area (Å²) in [6.07, 6.45) is 29.0. The Morgan fingerprint density at radius 3 is 0.615 bits per heavy atom. The van der Waals surface area contributed by atoms with Gasteiger partial charge in [0.15, 0.2) is 0 Å². The summed E-state index contributed by atoms with van der Waals surface area (Å²) in [5.74, 6) is 0. The van der Waals surface area contributed by atoms with E-state index < -0.39 is 0 Å². The first-order valence-electron chi connectivity index (χ1n) is 3.62. The van der Waals surface area contributed by atoms with Crippen LogP contribution >= 0.6 is 0 Å². The van der Waals surface area contributed by atoms with Crippen molar-refractivity contribution < 1.29 is 17.1 Å². The van der Waals surface area contributed by atoms with Gasteiger partial charge >= 0.3 is 17.1 Å². The van der Waals surface area contributed by atoms with Gasteiger partial charge in [0, 0.05) is 0 Å². The molecule has 2 saturated carbocycles. The quantitative estimate of drug-likeness (QED) is 0.327. The summed E-state index contributed by atoms with van der Waals surface area (Å²) in [4.78, 5) is 0. The molecule has 0 heterocycles. The third-order valence-electron chi connectivity index (χ3n) is 1.11. The van der Waals surface area contributed by atoms with E-state index in [4.69, 9.17) is 6.42 Å². The number of terminal acetylenes is 1. The molecule has 0 unspecified atom stereocenters. The summed E-state index contributed by atoms with van der Waals surface area (Å²) in [5.41, 5.74) is 0. The Kier molecular flexibility index (Phi) is 17.5. The van der Waals surface area contributed by atoms with E-state index in [1.165, 1.54) is 0 Å². The minimum Gasteiger partial charge on any atom is -0.697 e. The molecule has 0 aromatic heterocycles. The van der Waals surface area contributed by atoms with Crippen molar-refractivity contribution in [2.75, 3.05) is 0 Å². The first-order valence-corrected chi connectivity index (χ1v) is 3.62. The van der Waals surface area contributed by atoms with Crippen LogP contribution in [0.5, 0.6) is 0 Å². The van der Waals surface area contributed by atoms with Crippen LogP contribution in [-0.2, 0) is 17.1 Å². The van der Waals surface area contributed by atoms with E-state index in [1.807, 2.05) is 64.2 Å². The van der Waals surface area contributed by atoms with Crippen molar-refractivity contribution in [1.29, 1.82) is 0 Å². The molecule has 0 spiro atoms. The summed E-state index contributed by atoms with van der Waals surface area (Å²) in [6, 6.07) is 0. The molecule has 2 rings (SSSR count). The summed E-state index contributed by atoms with van der Waals surface area (Å²) < 4.78 is 0. The first kappa shape index (κ1) is 15.5. The standard InChI is InChI=1S/2C5H5.C2H.Fe/c2*1-2-4-5-3-1;1-2;/h2*1-5H;1H;/q;;-1;+3. The SMILES string of the molecule is [C-]#C.[CH]1[CH][CH][CH][CH]1.[CH]1[CH][CH][CH][CH]1.[Fe+3]. The molecule has 0 aromatic rings. The zero-order valence-electron chi connectivity index (χ0n) is 7.20. The van der Waals surface area contributed by atoms with Crippen molar-refractivity contribution in [3.63, 3.8) is 0 Å². The second-order valence-electron chi connectivity index (χ2n) is 1.92. The number of hydrogen-bond donors (Lipinski definition) is 0. The zero-order valence-corrected chi connectivity index (χ0v) is 8.31. The van der Waals surface area contributed by atoms with E-state index in [-0.39, 0.29) is 17.1 Å².